The van der Waals surface area contributed by atoms with Crippen molar-refractivity contribution >= 4 is 17.7 Å². The van der Waals surface area contributed by atoms with Crippen molar-refractivity contribution in [3.8, 4) is 0 Å². The summed E-state index contributed by atoms with van der Waals surface area (Å²) in [5, 5.41) is 9.88. The maximum atomic E-state index is 11.4. The Bertz CT molecular complexity index is 507. The van der Waals surface area contributed by atoms with Gasteiger partial charge in [-0.15, -0.1) is 11.8 Å². The Labute approximate surface area is 123 Å². The van der Waals surface area contributed by atoms with Gasteiger partial charge in [0.1, 0.15) is 16.4 Å². The van der Waals surface area contributed by atoms with Gasteiger partial charge in [0.15, 0.2) is 0 Å². The van der Waals surface area contributed by atoms with Gasteiger partial charge in [-0.3, -0.25) is 0 Å². The zero-order chi connectivity index (χ0) is 14.7. The summed E-state index contributed by atoms with van der Waals surface area (Å²) in [4.78, 5) is 20.0. The Morgan fingerprint density at radius 2 is 2.20 bits per heavy atom. The van der Waals surface area contributed by atoms with Gasteiger partial charge in [0.2, 0.25) is 0 Å². The zero-order valence-corrected chi connectivity index (χ0v) is 12.9. The van der Waals surface area contributed by atoms with Crippen molar-refractivity contribution in [2.24, 2.45) is 0 Å². The maximum Gasteiger partial charge on any atom is 0.340 e. The van der Waals surface area contributed by atoms with Crippen LogP contribution in [-0.2, 0) is 11.2 Å². The highest BCUT2D eigenvalue weighted by Gasteiger charge is 2.24. The second-order valence-corrected chi connectivity index (χ2v) is 6.03. The lowest BCUT2D eigenvalue weighted by molar-refractivity contribution is 0.0683. The van der Waals surface area contributed by atoms with E-state index in [0.717, 1.165) is 18.6 Å². The van der Waals surface area contributed by atoms with Crippen LogP contribution in [0.2, 0.25) is 0 Å². The largest absolute Gasteiger partial charge is 0.478 e. The molecule has 2 atom stereocenters. The summed E-state index contributed by atoms with van der Waals surface area (Å²) in [5.41, 5.74) is 0.755. The molecule has 110 valence electrons. The first-order valence-electron chi connectivity index (χ1n) is 6.90. The number of rotatable bonds is 5. The van der Waals surface area contributed by atoms with Gasteiger partial charge in [0.25, 0.3) is 0 Å². The monoisotopic (exact) mass is 296 g/mol. The molecule has 1 saturated heterocycles. The fourth-order valence-electron chi connectivity index (χ4n) is 2.29. The fraction of sp³-hybridized carbons (Fsp3) is 0.643. The minimum absolute atomic E-state index is 0.192. The molecule has 1 aromatic rings. The standard InChI is InChI=1S/C14H20N2O3S/c1-4-11-15-9(3)12(14(17)18)13(16-11)20-7-10-6-5-8(2)19-10/h8,10H,4-7H2,1-3H3,(H,17,18). The van der Waals surface area contributed by atoms with E-state index < -0.39 is 5.97 Å². The number of thioether (sulfide) groups is 1. The predicted octanol–water partition coefficient (Wildman–Crippen LogP) is 2.71. The van der Waals surface area contributed by atoms with Crippen LogP contribution in [0, 0.1) is 6.92 Å². The number of carbonyl (C=O) groups is 1. The molecular weight excluding hydrogens is 276 g/mol. The number of aromatic nitrogens is 2. The topological polar surface area (TPSA) is 72.3 Å². The van der Waals surface area contributed by atoms with Gasteiger partial charge in [-0.05, 0) is 26.7 Å². The van der Waals surface area contributed by atoms with Gasteiger partial charge in [0.05, 0.1) is 17.9 Å². The molecule has 0 radical (unpaired) electrons. The van der Waals surface area contributed by atoms with Gasteiger partial charge >= 0.3 is 5.97 Å². The number of aromatic carboxylic acids is 1. The molecule has 0 bridgehead atoms. The van der Waals surface area contributed by atoms with Crippen LogP contribution in [0.3, 0.4) is 0 Å². The minimum Gasteiger partial charge on any atom is -0.478 e. The van der Waals surface area contributed by atoms with Crippen molar-refractivity contribution in [2.75, 3.05) is 5.75 Å². The molecule has 5 nitrogen and oxygen atoms in total. The number of aryl methyl sites for hydroxylation is 2. The third-order valence-electron chi connectivity index (χ3n) is 3.36. The lowest BCUT2D eigenvalue weighted by Crippen LogP contribution is -2.13. The van der Waals surface area contributed by atoms with Crippen LogP contribution in [0.25, 0.3) is 0 Å². The van der Waals surface area contributed by atoms with E-state index in [1.807, 2.05) is 6.92 Å². The molecule has 2 heterocycles. The maximum absolute atomic E-state index is 11.4. The molecule has 1 aromatic heterocycles. The third-order valence-corrected chi connectivity index (χ3v) is 4.47. The van der Waals surface area contributed by atoms with Gasteiger partial charge in [-0.1, -0.05) is 6.92 Å². The quantitative estimate of drug-likeness (QED) is 0.665. The molecule has 0 spiro atoms. The second-order valence-electron chi connectivity index (χ2n) is 5.02. The van der Waals surface area contributed by atoms with Crippen LogP contribution in [0.5, 0.6) is 0 Å². The lowest BCUT2D eigenvalue weighted by Gasteiger charge is -2.13. The number of hydrogen-bond donors (Lipinski definition) is 1. The average molecular weight is 296 g/mol. The zero-order valence-electron chi connectivity index (χ0n) is 12.0. The SMILES string of the molecule is CCc1nc(C)c(C(=O)O)c(SCC2CCC(C)O2)n1. The normalized spacial score (nSPS) is 22.1. The summed E-state index contributed by atoms with van der Waals surface area (Å²) in [6.45, 7) is 5.76. The lowest BCUT2D eigenvalue weighted by atomic mass is 10.2. The summed E-state index contributed by atoms with van der Waals surface area (Å²) < 4.78 is 5.76. The highest BCUT2D eigenvalue weighted by molar-refractivity contribution is 7.99. The van der Waals surface area contributed by atoms with E-state index in [2.05, 4.69) is 16.9 Å². The van der Waals surface area contributed by atoms with Crippen LogP contribution < -0.4 is 0 Å². The summed E-state index contributed by atoms with van der Waals surface area (Å²) >= 11 is 1.46. The summed E-state index contributed by atoms with van der Waals surface area (Å²) in [5.74, 6) is 0.466. The highest BCUT2D eigenvalue weighted by Crippen LogP contribution is 2.28. The van der Waals surface area contributed by atoms with Crippen molar-refractivity contribution < 1.29 is 14.6 Å². The van der Waals surface area contributed by atoms with Crippen molar-refractivity contribution in [1.29, 1.82) is 0 Å². The van der Waals surface area contributed by atoms with Crippen molar-refractivity contribution in [2.45, 2.75) is 57.3 Å². The Morgan fingerprint density at radius 3 is 2.75 bits per heavy atom. The molecule has 1 aliphatic heterocycles. The van der Waals surface area contributed by atoms with E-state index >= 15 is 0 Å². The van der Waals surface area contributed by atoms with Crippen molar-refractivity contribution in [1.82, 2.24) is 9.97 Å². The van der Waals surface area contributed by atoms with E-state index in [-0.39, 0.29) is 11.7 Å². The van der Waals surface area contributed by atoms with E-state index in [0.29, 0.717) is 29.1 Å². The van der Waals surface area contributed by atoms with Gasteiger partial charge in [-0.25, -0.2) is 14.8 Å². The summed E-state index contributed by atoms with van der Waals surface area (Å²) in [6, 6.07) is 0. The molecule has 2 unspecified atom stereocenters. The first-order valence-corrected chi connectivity index (χ1v) is 7.88. The molecular formula is C14H20N2O3S. The van der Waals surface area contributed by atoms with E-state index in [9.17, 15) is 9.90 Å². The molecule has 1 fully saturated rings. The van der Waals surface area contributed by atoms with Crippen LogP contribution in [-0.4, -0.2) is 39.0 Å². The molecule has 0 aliphatic carbocycles. The van der Waals surface area contributed by atoms with Crippen molar-refractivity contribution in [3.05, 3.63) is 17.1 Å². The van der Waals surface area contributed by atoms with E-state index in [1.54, 1.807) is 6.92 Å². The van der Waals surface area contributed by atoms with Crippen LogP contribution >= 0.6 is 11.8 Å². The molecule has 1 aliphatic rings. The fourth-order valence-corrected chi connectivity index (χ4v) is 3.43. The Hall–Kier alpha value is -1.14. The van der Waals surface area contributed by atoms with Gasteiger partial charge < -0.3 is 9.84 Å². The Kier molecular flexibility index (Phi) is 4.99. The van der Waals surface area contributed by atoms with Crippen LogP contribution in [0.15, 0.2) is 5.03 Å². The molecule has 1 N–H and O–H groups in total. The molecule has 20 heavy (non-hydrogen) atoms. The second kappa shape index (κ2) is 6.54. The minimum atomic E-state index is -0.964. The van der Waals surface area contributed by atoms with Gasteiger partial charge in [0, 0.05) is 12.2 Å². The van der Waals surface area contributed by atoms with E-state index in [4.69, 9.17) is 4.74 Å². The van der Waals surface area contributed by atoms with Crippen molar-refractivity contribution in [3.63, 3.8) is 0 Å². The number of ether oxygens (including phenoxy) is 1. The number of carboxylic acids is 1. The Balaban J connectivity index is 2.16. The summed E-state index contributed by atoms with van der Waals surface area (Å²) in [7, 11) is 0. The molecule has 0 amide bonds. The Morgan fingerprint density at radius 1 is 1.45 bits per heavy atom. The van der Waals surface area contributed by atoms with Crippen LogP contribution in [0.1, 0.15) is 48.6 Å². The first kappa shape index (κ1) is 15.3. The smallest absolute Gasteiger partial charge is 0.340 e. The average Bonchev–Trinajstić information content (AvgIpc) is 2.81. The summed E-state index contributed by atoms with van der Waals surface area (Å²) in [6.07, 6.45) is 3.29. The van der Waals surface area contributed by atoms with E-state index in [1.165, 1.54) is 11.8 Å². The predicted molar refractivity (Wildman–Crippen MR) is 77.4 cm³/mol. The number of carboxylic acid groups (broad SMARTS) is 1. The van der Waals surface area contributed by atoms with Gasteiger partial charge in [-0.2, -0.15) is 0 Å². The molecule has 6 heteroatoms. The highest BCUT2D eigenvalue weighted by atomic mass is 32.2. The molecule has 2 rings (SSSR count). The van der Waals surface area contributed by atoms with Crippen LogP contribution in [0.4, 0.5) is 0 Å². The molecule has 0 saturated carbocycles. The number of hydrogen-bond acceptors (Lipinski definition) is 5. The number of nitrogens with zero attached hydrogens (tertiary/aromatic N) is 2. The molecule has 0 aromatic carbocycles. The first-order chi connectivity index (χ1) is 9.51. The third kappa shape index (κ3) is 3.49.